The van der Waals surface area contributed by atoms with Crippen molar-refractivity contribution in [3.63, 3.8) is 0 Å². The Morgan fingerprint density at radius 2 is 1.84 bits per heavy atom. The highest BCUT2D eigenvalue weighted by molar-refractivity contribution is 5.82. The van der Waals surface area contributed by atoms with Crippen LogP contribution in [0.5, 0.6) is 0 Å². The number of pyridine rings is 1. The first-order valence-corrected chi connectivity index (χ1v) is 6.19. The number of rotatable bonds is 5. The lowest BCUT2D eigenvalue weighted by Gasteiger charge is -2.04. The number of carbonyl (C=O) groups is 1. The number of hydrogen-bond donors (Lipinski definition) is 2. The second kappa shape index (κ2) is 6.00. The number of aromatic nitrogens is 1. The Morgan fingerprint density at radius 3 is 2.53 bits per heavy atom. The smallest absolute Gasteiger partial charge is 0.137 e. The van der Waals surface area contributed by atoms with Crippen LogP contribution in [0.4, 0.5) is 11.4 Å². The van der Waals surface area contributed by atoms with Gasteiger partial charge >= 0.3 is 0 Å². The van der Waals surface area contributed by atoms with E-state index >= 15 is 0 Å². The van der Waals surface area contributed by atoms with E-state index < -0.39 is 0 Å². The standard InChI is InChI=1S/C15H17N3O/c16-13-4-1-11(2-5-13)3-6-14(19)9-12-10-18-8-7-15(12)17/h1-2,4-5,7-8,10H,3,6,9,16H2,(H2,17,18). The first kappa shape index (κ1) is 13.1. The summed E-state index contributed by atoms with van der Waals surface area (Å²) in [6, 6.07) is 9.29. The number of Topliss-reactive ketones (excluding diaryl/α,β-unsaturated/α-hetero) is 1. The summed E-state index contributed by atoms with van der Waals surface area (Å²) in [5, 5.41) is 0. The molecule has 0 amide bonds. The Morgan fingerprint density at radius 1 is 1.11 bits per heavy atom. The Balaban J connectivity index is 1.88. The average Bonchev–Trinajstić information content (AvgIpc) is 2.41. The van der Waals surface area contributed by atoms with Crippen LogP contribution < -0.4 is 11.5 Å². The van der Waals surface area contributed by atoms with Crippen LogP contribution in [0.15, 0.2) is 42.7 Å². The van der Waals surface area contributed by atoms with Gasteiger partial charge in [0.2, 0.25) is 0 Å². The largest absolute Gasteiger partial charge is 0.399 e. The van der Waals surface area contributed by atoms with Crippen LogP contribution in [0.25, 0.3) is 0 Å². The molecule has 0 aliphatic carbocycles. The van der Waals surface area contributed by atoms with Crippen LogP contribution in [-0.2, 0) is 17.6 Å². The van der Waals surface area contributed by atoms with E-state index in [1.807, 2.05) is 24.3 Å². The van der Waals surface area contributed by atoms with Crippen molar-refractivity contribution in [3.05, 3.63) is 53.9 Å². The molecule has 1 aromatic heterocycles. The summed E-state index contributed by atoms with van der Waals surface area (Å²) < 4.78 is 0. The predicted molar refractivity (Wildman–Crippen MR) is 76.5 cm³/mol. The molecule has 19 heavy (non-hydrogen) atoms. The SMILES string of the molecule is Nc1ccc(CCC(=O)Cc2cnccc2N)cc1. The molecule has 0 fully saturated rings. The highest BCUT2D eigenvalue weighted by Crippen LogP contribution is 2.12. The first-order chi connectivity index (χ1) is 9.15. The quantitative estimate of drug-likeness (QED) is 0.800. The molecule has 0 bridgehead atoms. The lowest BCUT2D eigenvalue weighted by Crippen LogP contribution is -2.06. The lowest BCUT2D eigenvalue weighted by atomic mass is 10.0. The zero-order valence-corrected chi connectivity index (χ0v) is 10.7. The molecule has 4 N–H and O–H groups in total. The number of anilines is 2. The molecule has 0 saturated heterocycles. The summed E-state index contributed by atoms with van der Waals surface area (Å²) in [4.78, 5) is 15.9. The molecule has 0 unspecified atom stereocenters. The molecule has 0 spiro atoms. The molecular formula is C15H17N3O. The lowest BCUT2D eigenvalue weighted by molar-refractivity contribution is -0.118. The average molecular weight is 255 g/mol. The van der Waals surface area contributed by atoms with E-state index in [9.17, 15) is 4.79 Å². The van der Waals surface area contributed by atoms with Gasteiger partial charge in [-0.3, -0.25) is 9.78 Å². The molecule has 0 atom stereocenters. The van der Waals surface area contributed by atoms with Gasteiger partial charge in [0.15, 0.2) is 0 Å². The number of ketones is 1. The predicted octanol–water partition coefficient (Wildman–Crippen LogP) is 1.99. The summed E-state index contributed by atoms with van der Waals surface area (Å²) in [6.07, 6.45) is 4.83. The van der Waals surface area contributed by atoms with E-state index in [0.29, 0.717) is 18.5 Å². The minimum absolute atomic E-state index is 0.163. The van der Waals surface area contributed by atoms with Crippen LogP contribution in [0, 0.1) is 0 Å². The molecule has 4 heteroatoms. The molecule has 98 valence electrons. The normalized spacial score (nSPS) is 10.3. The van der Waals surface area contributed by atoms with Gasteiger partial charge in [0.1, 0.15) is 5.78 Å². The minimum Gasteiger partial charge on any atom is -0.399 e. The van der Waals surface area contributed by atoms with Crippen molar-refractivity contribution >= 4 is 17.2 Å². The van der Waals surface area contributed by atoms with Gasteiger partial charge in [-0.15, -0.1) is 0 Å². The van der Waals surface area contributed by atoms with Crippen molar-refractivity contribution in [1.82, 2.24) is 4.98 Å². The van der Waals surface area contributed by atoms with Crippen LogP contribution in [-0.4, -0.2) is 10.8 Å². The third-order valence-electron chi connectivity index (χ3n) is 3.00. The summed E-state index contributed by atoms with van der Waals surface area (Å²) in [6.45, 7) is 0. The molecular weight excluding hydrogens is 238 g/mol. The molecule has 0 aliphatic heterocycles. The number of benzene rings is 1. The third-order valence-corrected chi connectivity index (χ3v) is 3.00. The molecule has 4 nitrogen and oxygen atoms in total. The van der Waals surface area contributed by atoms with Gasteiger partial charge in [0, 0.05) is 42.2 Å². The number of nitrogens with two attached hydrogens (primary N) is 2. The van der Waals surface area contributed by atoms with Crippen molar-refractivity contribution < 1.29 is 4.79 Å². The van der Waals surface area contributed by atoms with Gasteiger partial charge in [-0.1, -0.05) is 12.1 Å². The molecule has 1 aromatic carbocycles. The van der Waals surface area contributed by atoms with E-state index in [2.05, 4.69) is 4.98 Å². The maximum Gasteiger partial charge on any atom is 0.137 e. The summed E-state index contributed by atoms with van der Waals surface area (Å²) in [5.41, 5.74) is 14.7. The maximum atomic E-state index is 11.9. The molecule has 1 heterocycles. The summed E-state index contributed by atoms with van der Waals surface area (Å²) in [5.74, 6) is 0.163. The van der Waals surface area contributed by atoms with Crippen LogP contribution in [0.1, 0.15) is 17.5 Å². The van der Waals surface area contributed by atoms with E-state index in [1.54, 1.807) is 18.5 Å². The number of nitrogen functional groups attached to an aromatic ring is 2. The van der Waals surface area contributed by atoms with Crippen LogP contribution >= 0.6 is 0 Å². The Hall–Kier alpha value is -2.36. The molecule has 0 saturated carbocycles. The third kappa shape index (κ3) is 3.81. The first-order valence-electron chi connectivity index (χ1n) is 6.19. The Kier molecular flexibility index (Phi) is 4.13. The Labute approximate surface area is 112 Å². The fraction of sp³-hybridized carbons (Fsp3) is 0.200. The monoisotopic (exact) mass is 255 g/mol. The van der Waals surface area contributed by atoms with Gasteiger partial charge in [0.25, 0.3) is 0 Å². The van der Waals surface area contributed by atoms with Crippen molar-refractivity contribution in [1.29, 1.82) is 0 Å². The zero-order chi connectivity index (χ0) is 13.7. The fourth-order valence-corrected chi connectivity index (χ4v) is 1.85. The highest BCUT2D eigenvalue weighted by atomic mass is 16.1. The zero-order valence-electron chi connectivity index (χ0n) is 10.7. The van der Waals surface area contributed by atoms with Crippen molar-refractivity contribution in [2.75, 3.05) is 11.5 Å². The number of carbonyl (C=O) groups excluding carboxylic acids is 1. The van der Waals surface area contributed by atoms with Crippen molar-refractivity contribution in [2.24, 2.45) is 0 Å². The van der Waals surface area contributed by atoms with E-state index in [4.69, 9.17) is 11.5 Å². The molecule has 2 aromatic rings. The van der Waals surface area contributed by atoms with Crippen LogP contribution in [0.2, 0.25) is 0 Å². The van der Waals surface area contributed by atoms with Crippen molar-refractivity contribution in [3.8, 4) is 0 Å². The molecule has 2 rings (SSSR count). The minimum atomic E-state index is 0.163. The molecule has 0 radical (unpaired) electrons. The van der Waals surface area contributed by atoms with Gasteiger partial charge in [0.05, 0.1) is 0 Å². The topological polar surface area (TPSA) is 82.0 Å². The Bertz CT molecular complexity index is 564. The van der Waals surface area contributed by atoms with Gasteiger partial charge in [-0.2, -0.15) is 0 Å². The molecule has 0 aliphatic rings. The van der Waals surface area contributed by atoms with E-state index in [1.165, 1.54) is 0 Å². The summed E-state index contributed by atoms with van der Waals surface area (Å²) in [7, 11) is 0. The van der Waals surface area contributed by atoms with Gasteiger partial charge in [-0.25, -0.2) is 0 Å². The second-order valence-corrected chi connectivity index (χ2v) is 4.53. The van der Waals surface area contributed by atoms with E-state index in [0.717, 1.165) is 23.2 Å². The number of nitrogens with zero attached hydrogens (tertiary/aromatic N) is 1. The maximum absolute atomic E-state index is 11.9. The second-order valence-electron chi connectivity index (χ2n) is 4.53. The fourth-order valence-electron chi connectivity index (χ4n) is 1.85. The van der Waals surface area contributed by atoms with Gasteiger partial charge < -0.3 is 11.5 Å². The van der Waals surface area contributed by atoms with E-state index in [-0.39, 0.29) is 5.78 Å². The highest BCUT2D eigenvalue weighted by Gasteiger charge is 2.07. The summed E-state index contributed by atoms with van der Waals surface area (Å²) >= 11 is 0. The number of hydrogen-bond acceptors (Lipinski definition) is 4. The van der Waals surface area contributed by atoms with Crippen LogP contribution in [0.3, 0.4) is 0 Å². The van der Waals surface area contributed by atoms with Crippen molar-refractivity contribution in [2.45, 2.75) is 19.3 Å². The number of aryl methyl sites for hydroxylation is 1. The van der Waals surface area contributed by atoms with Gasteiger partial charge in [-0.05, 0) is 30.2 Å².